The normalized spacial score (nSPS) is 13.7. The fourth-order valence-electron chi connectivity index (χ4n) is 4.17. The van der Waals surface area contributed by atoms with Crippen LogP contribution < -0.4 is 0 Å². The molecule has 6 rings (SSSR count). The summed E-state index contributed by atoms with van der Waals surface area (Å²) in [7, 11) is 1.98. The molecule has 0 atom stereocenters. The van der Waals surface area contributed by atoms with E-state index in [-0.39, 0.29) is 12.4 Å². The molecule has 7 nitrogen and oxygen atoms in total. The van der Waals surface area contributed by atoms with Gasteiger partial charge < -0.3 is 0 Å². The van der Waals surface area contributed by atoms with E-state index in [2.05, 4.69) is 20.1 Å². The van der Waals surface area contributed by atoms with Crippen LogP contribution >= 0.6 is 0 Å². The van der Waals surface area contributed by atoms with Gasteiger partial charge in [-0.25, -0.2) is 24.0 Å². The van der Waals surface area contributed by atoms with Crippen LogP contribution in [0.1, 0.15) is 30.0 Å². The van der Waals surface area contributed by atoms with Gasteiger partial charge in [0.25, 0.3) is 0 Å². The maximum atomic E-state index is 14.2. The number of pyridine rings is 1. The Kier molecular flexibility index (Phi) is 4.31. The van der Waals surface area contributed by atoms with Gasteiger partial charge in [0, 0.05) is 53.9 Å². The van der Waals surface area contributed by atoms with Crippen molar-refractivity contribution in [2.75, 3.05) is 0 Å². The van der Waals surface area contributed by atoms with E-state index in [0.717, 1.165) is 16.5 Å². The van der Waals surface area contributed by atoms with Crippen molar-refractivity contribution in [3.63, 3.8) is 0 Å². The molecule has 32 heavy (non-hydrogen) atoms. The molecule has 0 radical (unpaired) electrons. The number of aromatic nitrogens is 7. The molecule has 0 spiro atoms. The highest BCUT2D eigenvalue weighted by molar-refractivity contribution is 5.89. The van der Waals surface area contributed by atoms with Crippen LogP contribution in [0.5, 0.6) is 0 Å². The minimum absolute atomic E-state index is 0.267. The zero-order valence-electron chi connectivity index (χ0n) is 17.5. The smallest absolute Gasteiger partial charge is 0.180 e. The number of aryl methyl sites for hydroxylation is 1. The third kappa shape index (κ3) is 3.15. The molecule has 1 aliphatic rings. The second kappa shape index (κ2) is 7.33. The predicted octanol–water partition coefficient (Wildman–Crippen LogP) is 4.35. The van der Waals surface area contributed by atoms with E-state index in [4.69, 9.17) is 5.10 Å². The molecule has 0 bridgehead atoms. The van der Waals surface area contributed by atoms with E-state index in [0.29, 0.717) is 28.6 Å². The molecular weight excluding hydrogens is 405 g/mol. The number of fused-ring (bicyclic) bond motifs is 1. The Morgan fingerprint density at radius 2 is 1.81 bits per heavy atom. The molecule has 0 aliphatic heterocycles. The Hall–Kier alpha value is -3.94. The summed E-state index contributed by atoms with van der Waals surface area (Å²) in [4.78, 5) is 13.7. The molecule has 8 heteroatoms. The van der Waals surface area contributed by atoms with Crippen molar-refractivity contribution < 1.29 is 4.39 Å². The Balaban J connectivity index is 1.39. The highest BCUT2D eigenvalue weighted by Gasteiger charge is 2.30. The highest BCUT2D eigenvalue weighted by atomic mass is 19.1. The fraction of sp³-hybridized carbons (Fsp3) is 0.208. The summed E-state index contributed by atoms with van der Waals surface area (Å²) in [6, 6.07) is 10.5. The van der Waals surface area contributed by atoms with Crippen LogP contribution in [0.2, 0.25) is 0 Å². The first-order valence-corrected chi connectivity index (χ1v) is 10.6. The number of halogens is 1. The molecular formula is C24H20FN7. The molecule has 4 aromatic heterocycles. The number of rotatable bonds is 5. The zero-order chi connectivity index (χ0) is 21.7. The molecule has 0 amide bonds. The lowest BCUT2D eigenvalue weighted by atomic mass is 10.1. The van der Waals surface area contributed by atoms with Crippen molar-refractivity contribution in [2.45, 2.75) is 25.3 Å². The summed E-state index contributed by atoms with van der Waals surface area (Å²) >= 11 is 0. The van der Waals surface area contributed by atoms with Gasteiger partial charge in [0.2, 0.25) is 0 Å². The lowest BCUT2D eigenvalue weighted by molar-refractivity contribution is 0.589. The van der Waals surface area contributed by atoms with Crippen LogP contribution in [0, 0.1) is 5.82 Å². The number of hydrogen-bond acceptors (Lipinski definition) is 5. The van der Waals surface area contributed by atoms with Crippen LogP contribution in [-0.4, -0.2) is 34.5 Å². The SMILES string of the molecule is Cn1ncc(-c2cnc(-c3nn(Cc4ccccc4F)c4ncccc34)nc2)c1C1CC1. The summed E-state index contributed by atoms with van der Waals surface area (Å²) in [5.74, 6) is 0.814. The molecule has 0 saturated heterocycles. The summed E-state index contributed by atoms with van der Waals surface area (Å²) in [6.45, 7) is 0.276. The third-order valence-electron chi connectivity index (χ3n) is 5.91. The van der Waals surface area contributed by atoms with Crippen molar-refractivity contribution in [1.82, 2.24) is 34.5 Å². The Bertz CT molecular complexity index is 1430. The summed E-state index contributed by atoms with van der Waals surface area (Å²) < 4.78 is 17.9. The van der Waals surface area contributed by atoms with Crippen LogP contribution in [0.25, 0.3) is 33.7 Å². The van der Waals surface area contributed by atoms with Crippen molar-refractivity contribution in [1.29, 1.82) is 0 Å². The van der Waals surface area contributed by atoms with Crippen LogP contribution in [-0.2, 0) is 13.6 Å². The van der Waals surface area contributed by atoms with Gasteiger partial charge >= 0.3 is 0 Å². The Morgan fingerprint density at radius 3 is 2.59 bits per heavy atom. The number of hydrogen-bond donors (Lipinski definition) is 0. The molecule has 1 aromatic carbocycles. The number of nitrogens with zero attached hydrogens (tertiary/aromatic N) is 7. The zero-order valence-corrected chi connectivity index (χ0v) is 17.5. The minimum Gasteiger partial charge on any atom is -0.272 e. The lowest BCUT2D eigenvalue weighted by Gasteiger charge is -2.05. The Morgan fingerprint density at radius 1 is 1.00 bits per heavy atom. The van der Waals surface area contributed by atoms with Gasteiger partial charge in [-0.05, 0) is 31.0 Å². The highest BCUT2D eigenvalue weighted by Crippen LogP contribution is 2.44. The maximum absolute atomic E-state index is 14.2. The summed E-state index contributed by atoms with van der Waals surface area (Å²) in [6.07, 6.45) is 9.63. The van der Waals surface area contributed by atoms with E-state index >= 15 is 0 Å². The van der Waals surface area contributed by atoms with E-state index in [9.17, 15) is 4.39 Å². The molecule has 1 aliphatic carbocycles. The Labute approximate surface area is 183 Å². The topological polar surface area (TPSA) is 74.3 Å². The molecule has 0 N–H and O–H groups in total. The predicted molar refractivity (Wildman–Crippen MR) is 118 cm³/mol. The first-order valence-electron chi connectivity index (χ1n) is 10.6. The summed E-state index contributed by atoms with van der Waals surface area (Å²) in [5.41, 5.74) is 5.11. The second-order valence-electron chi connectivity index (χ2n) is 8.11. The lowest BCUT2D eigenvalue weighted by Crippen LogP contribution is -2.04. The van der Waals surface area contributed by atoms with E-state index in [1.165, 1.54) is 24.6 Å². The van der Waals surface area contributed by atoms with Gasteiger partial charge in [-0.3, -0.25) is 4.68 Å². The summed E-state index contributed by atoms with van der Waals surface area (Å²) in [5, 5.41) is 9.97. The minimum atomic E-state index is -0.267. The third-order valence-corrected chi connectivity index (χ3v) is 5.91. The molecule has 0 unspecified atom stereocenters. The quantitative estimate of drug-likeness (QED) is 0.418. The van der Waals surface area contributed by atoms with Gasteiger partial charge in [0.05, 0.1) is 18.1 Å². The van der Waals surface area contributed by atoms with Gasteiger partial charge in [-0.1, -0.05) is 18.2 Å². The molecule has 4 heterocycles. The van der Waals surface area contributed by atoms with E-state index < -0.39 is 0 Å². The maximum Gasteiger partial charge on any atom is 0.180 e. The molecule has 158 valence electrons. The van der Waals surface area contributed by atoms with Crippen LogP contribution in [0.15, 0.2) is 61.2 Å². The van der Waals surface area contributed by atoms with Crippen molar-refractivity contribution in [2.24, 2.45) is 7.05 Å². The van der Waals surface area contributed by atoms with E-state index in [1.807, 2.05) is 48.5 Å². The van der Waals surface area contributed by atoms with Crippen LogP contribution in [0.4, 0.5) is 4.39 Å². The van der Waals surface area contributed by atoms with Crippen LogP contribution in [0.3, 0.4) is 0 Å². The van der Waals surface area contributed by atoms with Gasteiger partial charge in [0.1, 0.15) is 11.5 Å². The molecule has 5 aromatic rings. The van der Waals surface area contributed by atoms with Gasteiger partial charge in [-0.2, -0.15) is 10.2 Å². The molecule has 1 fully saturated rings. The second-order valence-corrected chi connectivity index (χ2v) is 8.11. The average molecular weight is 425 g/mol. The average Bonchev–Trinajstić information content (AvgIpc) is 3.49. The first kappa shape index (κ1) is 18.8. The standard InChI is InChI=1S/C24H20FN7/c1-31-22(15-8-9-15)19(13-29-31)17-11-27-23(28-12-17)21-18-6-4-10-26-24(18)32(30-21)14-16-5-2-3-7-20(16)25/h2-7,10-13,15H,8-9,14H2,1H3. The van der Waals surface area contributed by atoms with Crippen molar-refractivity contribution in [3.8, 4) is 22.6 Å². The number of benzene rings is 1. The van der Waals surface area contributed by atoms with Crippen molar-refractivity contribution in [3.05, 3.63) is 78.3 Å². The van der Waals surface area contributed by atoms with Gasteiger partial charge in [0.15, 0.2) is 11.5 Å². The largest absolute Gasteiger partial charge is 0.272 e. The molecule has 1 saturated carbocycles. The first-order chi connectivity index (χ1) is 15.7. The monoisotopic (exact) mass is 425 g/mol. The van der Waals surface area contributed by atoms with E-state index in [1.54, 1.807) is 23.0 Å². The van der Waals surface area contributed by atoms with Crippen molar-refractivity contribution >= 4 is 11.0 Å². The fourth-order valence-corrected chi connectivity index (χ4v) is 4.17. The van der Waals surface area contributed by atoms with Gasteiger partial charge in [-0.15, -0.1) is 0 Å².